The second-order valence-corrected chi connectivity index (χ2v) is 8.54. The number of rotatable bonds is 6. The number of piperidine rings is 1. The lowest BCUT2D eigenvalue weighted by Gasteiger charge is -2.40. The molecule has 2 aromatic rings. The van der Waals surface area contributed by atoms with Crippen molar-refractivity contribution in [1.82, 2.24) is 15.2 Å². The maximum Gasteiger partial charge on any atom is 0.416 e. The van der Waals surface area contributed by atoms with Crippen molar-refractivity contribution in [1.29, 1.82) is 0 Å². The van der Waals surface area contributed by atoms with Gasteiger partial charge in [0.1, 0.15) is 0 Å². The van der Waals surface area contributed by atoms with Crippen molar-refractivity contribution >= 4 is 11.8 Å². The molecule has 1 saturated carbocycles. The number of likely N-dealkylation sites (tertiary alicyclic amines) is 1. The van der Waals surface area contributed by atoms with Crippen LogP contribution in [0.15, 0.2) is 48.7 Å². The fraction of sp³-hybridized carbons (Fsp3) is 0.458. The Balaban J connectivity index is 1.44. The number of benzene rings is 1. The highest BCUT2D eigenvalue weighted by Gasteiger charge is 2.41. The molecule has 2 amide bonds. The molecule has 0 radical (unpaired) electrons. The Morgan fingerprint density at radius 1 is 1.03 bits per heavy atom. The normalized spacial score (nSPS) is 21.3. The number of alkyl halides is 3. The van der Waals surface area contributed by atoms with Gasteiger partial charge in [0.05, 0.1) is 17.5 Å². The average molecular weight is 445 g/mol. The average Bonchev–Trinajstić information content (AvgIpc) is 3.64. The van der Waals surface area contributed by atoms with Crippen LogP contribution in [-0.4, -0.2) is 34.8 Å². The number of halogens is 3. The first kappa shape index (κ1) is 22.3. The Hall–Kier alpha value is -2.90. The van der Waals surface area contributed by atoms with Crippen molar-refractivity contribution in [2.24, 2.45) is 11.8 Å². The maximum absolute atomic E-state index is 13.2. The number of amides is 2. The molecule has 8 heteroatoms. The van der Waals surface area contributed by atoms with Gasteiger partial charge in [-0.15, -0.1) is 0 Å². The highest BCUT2D eigenvalue weighted by molar-refractivity contribution is 5.84. The van der Waals surface area contributed by atoms with Crippen molar-refractivity contribution in [2.75, 3.05) is 13.1 Å². The van der Waals surface area contributed by atoms with E-state index in [2.05, 4.69) is 10.3 Å². The van der Waals surface area contributed by atoms with Gasteiger partial charge in [-0.2, -0.15) is 13.2 Å². The Kier molecular flexibility index (Phi) is 6.48. The standard InChI is InChI=1S/C24H26F3N3O2/c25-24(26,27)19-5-3-4-17(14-19)21-10-9-18(15-30(21)23(32)16-7-8-16)22(31)29-13-11-20-6-1-2-12-28-20/h1-6,12,14,16,18,21H,7-11,13,15H2,(H,29,31). The fourth-order valence-corrected chi connectivity index (χ4v) is 4.27. The number of aromatic nitrogens is 1. The molecule has 4 rings (SSSR count). The minimum Gasteiger partial charge on any atom is -0.355 e. The predicted molar refractivity (Wildman–Crippen MR) is 112 cm³/mol. The fourth-order valence-electron chi connectivity index (χ4n) is 4.27. The van der Waals surface area contributed by atoms with Gasteiger partial charge >= 0.3 is 6.18 Å². The van der Waals surface area contributed by atoms with Gasteiger partial charge in [-0.25, -0.2) is 0 Å². The number of pyridine rings is 1. The van der Waals surface area contributed by atoms with E-state index in [9.17, 15) is 22.8 Å². The predicted octanol–water partition coefficient (Wildman–Crippen LogP) is 4.15. The lowest BCUT2D eigenvalue weighted by atomic mass is 9.87. The second-order valence-electron chi connectivity index (χ2n) is 8.54. The number of nitrogens with one attached hydrogen (secondary N) is 1. The van der Waals surface area contributed by atoms with Gasteiger partial charge in [0.2, 0.25) is 11.8 Å². The third kappa shape index (κ3) is 5.29. The molecular formula is C24H26F3N3O2. The molecule has 2 unspecified atom stereocenters. The lowest BCUT2D eigenvalue weighted by molar-refractivity contribution is -0.140. The molecule has 1 aliphatic heterocycles. The quantitative estimate of drug-likeness (QED) is 0.727. The van der Waals surface area contributed by atoms with E-state index in [-0.39, 0.29) is 30.2 Å². The Morgan fingerprint density at radius 3 is 2.50 bits per heavy atom. The van der Waals surface area contributed by atoms with E-state index < -0.39 is 17.8 Å². The zero-order chi connectivity index (χ0) is 22.7. The molecule has 1 aliphatic carbocycles. The first-order valence-electron chi connectivity index (χ1n) is 11.0. The number of carbonyl (C=O) groups is 2. The summed E-state index contributed by atoms with van der Waals surface area (Å²) < 4.78 is 39.6. The molecular weight excluding hydrogens is 419 g/mol. The summed E-state index contributed by atoms with van der Waals surface area (Å²) in [5, 5.41) is 2.92. The topological polar surface area (TPSA) is 62.3 Å². The van der Waals surface area contributed by atoms with Gasteiger partial charge < -0.3 is 10.2 Å². The van der Waals surface area contributed by atoms with E-state index in [0.717, 1.165) is 30.7 Å². The summed E-state index contributed by atoms with van der Waals surface area (Å²) in [6.07, 6.45) is 0.441. The maximum atomic E-state index is 13.2. The van der Waals surface area contributed by atoms with Gasteiger partial charge in [-0.3, -0.25) is 14.6 Å². The SMILES string of the molecule is O=C(NCCc1ccccn1)C1CCC(c2cccc(C(F)(F)F)c2)N(C(=O)C2CC2)C1. The summed E-state index contributed by atoms with van der Waals surface area (Å²) in [4.78, 5) is 31.6. The van der Waals surface area contributed by atoms with Crippen LogP contribution in [0.2, 0.25) is 0 Å². The molecule has 1 N–H and O–H groups in total. The van der Waals surface area contributed by atoms with Gasteiger partial charge in [0.25, 0.3) is 0 Å². The Bertz CT molecular complexity index is 960. The molecule has 0 spiro atoms. The number of nitrogens with zero attached hydrogens (tertiary/aromatic N) is 2. The monoisotopic (exact) mass is 445 g/mol. The van der Waals surface area contributed by atoms with Gasteiger partial charge in [0, 0.05) is 37.3 Å². The van der Waals surface area contributed by atoms with Gasteiger partial charge in [-0.05, 0) is 55.5 Å². The Labute approximate surface area is 185 Å². The molecule has 0 bridgehead atoms. The largest absolute Gasteiger partial charge is 0.416 e. The summed E-state index contributed by atoms with van der Waals surface area (Å²) in [6.45, 7) is 0.672. The summed E-state index contributed by atoms with van der Waals surface area (Å²) in [7, 11) is 0. The van der Waals surface area contributed by atoms with E-state index in [4.69, 9.17) is 0 Å². The van der Waals surface area contributed by atoms with Crippen molar-refractivity contribution in [3.05, 3.63) is 65.5 Å². The first-order valence-corrected chi connectivity index (χ1v) is 11.0. The van der Waals surface area contributed by atoms with Crippen LogP contribution in [0.25, 0.3) is 0 Å². The summed E-state index contributed by atoms with van der Waals surface area (Å²) in [6, 6.07) is 10.4. The van der Waals surface area contributed by atoms with Crippen LogP contribution in [0.3, 0.4) is 0 Å². The van der Waals surface area contributed by atoms with Crippen LogP contribution in [-0.2, 0) is 22.2 Å². The molecule has 1 aromatic heterocycles. The van der Waals surface area contributed by atoms with E-state index in [1.54, 1.807) is 17.2 Å². The molecule has 1 aromatic carbocycles. The molecule has 32 heavy (non-hydrogen) atoms. The number of hydrogen-bond acceptors (Lipinski definition) is 3. The first-order chi connectivity index (χ1) is 15.3. The zero-order valence-electron chi connectivity index (χ0n) is 17.6. The van der Waals surface area contributed by atoms with Crippen LogP contribution < -0.4 is 5.32 Å². The molecule has 2 aliphatic rings. The molecule has 2 atom stereocenters. The molecule has 1 saturated heterocycles. The van der Waals surface area contributed by atoms with Crippen LogP contribution in [0.1, 0.15) is 48.5 Å². The Morgan fingerprint density at radius 2 is 1.81 bits per heavy atom. The van der Waals surface area contributed by atoms with Gasteiger partial charge in [-0.1, -0.05) is 18.2 Å². The third-order valence-corrected chi connectivity index (χ3v) is 6.17. The minimum atomic E-state index is -4.44. The van der Waals surface area contributed by atoms with E-state index in [1.165, 1.54) is 6.07 Å². The molecule has 2 fully saturated rings. The summed E-state index contributed by atoms with van der Waals surface area (Å²) >= 11 is 0. The van der Waals surface area contributed by atoms with Crippen molar-refractivity contribution in [2.45, 2.75) is 44.3 Å². The zero-order valence-corrected chi connectivity index (χ0v) is 17.6. The highest BCUT2D eigenvalue weighted by atomic mass is 19.4. The van der Waals surface area contributed by atoms with E-state index in [0.29, 0.717) is 31.4 Å². The third-order valence-electron chi connectivity index (χ3n) is 6.17. The van der Waals surface area contributed by atoms with Crippen molar-refractivity contribution in [3.8, 4) is 0 Å². The number of carbonyl (C=O) groups excluding carboxylic acids is 2. The van der Waals surface area contributed by atoms with Crippen molar-refractivity contribution < 1.29 is 22.8 Å². The van der Waals surface area contributed by atoms with Gasteiger partial charge in [0.15, 0.2) is 0 Å². The molecule has 2 heterocycles. The second kappa shape index (κ2) is 9.30. The van der Waals surface area contributed by atoms with Crippen LogP contribution in [0.5, 0.6) is 0 Å². The highest BCUT2D eigenvalue weighted by Crippen LogP contribution is 2.40. The molecule has 170 valence electrons. The van der Waals surface area contributed by atoms with E-state index in [1.807, 2.05) is 18.2 Å². The molecule has 5 nitrogen and oxygen atoms in total. The summed E-state index contributed by atoms with van der Waals surface area (Å²) in [5.41, 5.74) is 0.637. The smallest absolute Gasteiger partial charge is 0.355 e. The van der Waals surface area contributed by atoms with Crippen molar-refractivity contribution in [3.63, 3.8) is 0 Å². The van der Waals surface area contributed by atoms with Crippen LogP contribution in [0.4, 0.5) is 13.2 Å². The minimum absolute atomic E-state index is 0.0570. The van der Waals surface area contributed by atoms with Crippen LogP contribution >= 0.6 is 0 Å². The number of hydrogen-bond donors (Lipinski definition) is 1. The van der Waals surface area contributed by atoms with Crippen LogP contribution in [0, 0.1) is 11.8 Å². The lowest BCUT2D eigenvalue weighted by Crippen LogP contribution is -2.47. The summed E-state index contributed by atoms with van der Waals surface area (Å²) in [5.74, 6) is -0.631. The van der Waals surface area contributed by atoms with E-state index >= 15 is 0 Å².